The van der Waals surface area contributed by atoms with Gasteiger partial charge in [-0.2, -0.15) is 0 Å². The molecule has 6 nitrogen and oxygen atoms in total. The average Bonchev–Trinajstić information content (AvgIpc) is 4.02. The molecule has 0 aliphatic heterocycles. The molecule has 4 aromatic heterocycles. The normalized spacial score (nSPS) is 11.7. The zero-order valence-corrected chi connectivity index (χ0v) is 41.7. The standard InChI is InChI=1S/C68H46N6Si/c1-6-24-47(25-7-1)59-45-61(71-67(69-59)73-63-38-20-16-34-55(63)56-35-17-21-39-64(56)73)49-42-50(44-54(43-49)75(51-28-10-3-11-29-51,52-30-12-4-13-31-52)53-32-14-5-15-33-53)62-46-60(48-26-8-2-9-27-48)70-68(72-62)74-65-40-22-18-36-57(65)58-37-19-23-41-66(58)74/h1-46H. The molecule has 7 heteroatoms. The Bertz CT molecular complexity index is 3980. The summed E-state index contributed by atoms with van der Waals surface area (Å²) in [5.41, 5.74) is 11.3. The number of hydrogen-bond donors (Lipinski definition) is 0. The van der Waals surface area contributed by atoms with Crippen LogP contribution in [0.25, 0.3) is 101 Å². The van der Waals surface area contributed by atoms with Crippen molar-refractivity contribution < 1.29 is 0 Å². The Morgan fingerprint density at radius 2 is 0.493 bits per heavy atom. The van der Waals surface area contributed by atoms with E-state index < -0.39 is 8.07 Å². The van der Waals surface area contributed by atoms with Gasteiger partial charge < -0.3 is 0 Å². The van der Waals surface area contributed by atoms with E-state index in [0.29, 0.717) is 11.9 Å². The smallest absolute Gasteiger partial charge is 0.235 e. The molecule has 75 heavy (non-hydrogen) atoms. The molecule has 14 aromatic rings. The number of hydrogen-bond acceptors (Lipinski definition) is 4. The van der Waals surface area contributed by atoms with Crippen LogP contribution in [0.15, 0.2) is 279 Å². The number of nitrogens with zero attached hydrogens (tertiary/aromatic N) is 6. The molecule has 0 spiro atoms. The monoisotopic (exact) mass is 974 g/mol. The van der Waals surface area contributed by atoms with E-state index in [-0.39, 0.29) is 0 Å². The fraction of sp³-hybridized carbons (Fsp3) is 0. The van der Waals surface area contributed by atoms with Crippen molar-refractivity contribution in [1.82, 2.24) is 29.1 Å². The second kappa shape index (κ2) is 18.3. The van der Waals surface area contributed by atoms with Crippen molar-refractivity contribution in [2.75, 3.05) is 0 Å². The Balaban J connectivity index is 1.11. The van der Waals surface area contributed by atoms with E-state index in [4.69, 9.17) is 19.9 Å². The van der Waals surface area contributed by atoms with Crippen molar-refractivity contribution in [3.05, 3.63) is 279 Å². The summed E-state index contributed by atoms with van der Waals surface area (Å²) in [5.74, 6) is 1.19. The highest BCUT2D eigenvalue weighted by molar-refractivity contribution is 7.20. The quantitative estimate of drug-likeness (QED) is 0.101. The third-order valence-corrected chi connectivity index (χ3v) is 19.5. The van der Waals surface area contributed by atoms with Gasteiger partial charge in [0.2, 0.25) is 11.9 Å². The summed E-state index contributed by atoms with van der Waals surface area (Å²) < 4.78 is 4.44. The van der Waals surface area contributed by atoms with Gasteiger partial charge >= 0.3 is 0 Å². The maximum Gasteiger partial charge on any atom is 0.235 e. The molecule has 0 saturated carbocycles. The summed E-state index contributed by atoms with van der Waals surface area (Å²) in [6, 6.07) is 99.8. The van der Waals surface area contributed by atoms with Gasteiger partial charge in [0.25, 0.3) is 0 Å². The van der Waals surface area contributed by atoms with Crippen LogP contribution in [0.4, 0.5) is 0 Å². The van der Waals surface area contributed by atoms with Crippen LogP contribution in [0.2, 0.25) is 0 Å². The van der Waals surface area contributed by atoms with Crippen molar-refractivity contribution in [2.24, 2.45) is 0 Å². The maximum atomic E-state index is 5.67. The van der Waals surface area contributed by atoms with Gasteiger partial charge in [-0.1, -0.05) is 237 Å². The molecule has 0 fully saturated rings. The predicted molar refractivity (Wildman–Crippen MR) is 312 cm³/mol. The summed E-state index contributed by atoms with van der Waals surface area (Å²) in [7, 11) is -3.16. The molecule has 10 aromatic carbocycles. The van der Waals surface area contributed by atoms with Crippen LogP contribution >= 0.6 is 0 Å². The van der Waals surface area contributed by atoms with Crippen LogP contribution in [0.3, 0.4) is 0 Å². The number of para-hydroxylation sites is 4. The van der Waals surface area contributed by atoms with Crippen LogP contribution in [0.5, 0.6) is 0 Å². The molecule has 0 aliphatic rings. The minimum absolute atomic E-state index is 0.593. The average molecular weight is 975 g/mol. The summed E-state index contributed by atoms with van der Waals surface area (Å²) in [6.07, 6.45) is 0. The topological polar surface area (TPSA) is 61.4 Å². The lowest BCUT2D eigenvalue weighted by atomic mass is 10.0. The Hall–Kier alpha value is -9.82. The van der Waals surface area contributed by atoms with Gasteiger partial charge in [0, 0.05) is 43.8 Å². The van der Waals surface area contributed by atoms with Gasteiger partial charge in [0.1, 0.15) is 0 Å². The lowest BCUT2D eigenvalue weighted by molar-refractivity contribution is 0.994. The van der Waals surface area contributed by atoms with Gasteiger partial charge in [-0.15, -0.1) is 0 Å². The zero-order chi connectivity index (χ0) is 49.7. The Labute approximate surface area is 435 Å². The van der Waals surface area contributed by atoms with Gasteiger partial charge in [-0.05, 0) is 63.2 Å². The Kier molecular flexibility index (Phi) is 10.7. The van der Waals surface area contributed by atoms with E-state index in [2.05, 4.69) is 288 Å². The fourth-order valence-electron chi connectivity index (χ4n) is 11.4. The van der Waals surface area contributed by atoms with Gasteiger partial charge in [-0.25, -0.2) is 19.9 Å². The van der Waals surface area contributed by atoms with E-state index in [9.17, 15) is 0 Å². The van der Waals surface area contributed by atoms with E-state index in [1.54, 1.807) is 0 Å². The lowest BCUT2D eigenvalue weighted by Gasteiger charge is -2.35. The lowest BCUT2D eigenvalue weighted by Crippen LogP contribution is -2.74. The first kappa shape index (κ1) is 43.9. The first-order chi connectivity index (χ1) is 37.2. The summed E-state index contributed by atoms with van der Waals surface area (Å²) in [6.45, 7) is 0. The number of benzene rings is 10. The van der Waals surface area contributed by atoms with Gasteiger partial charge in [0.05, 0.1) is 44.8 Å². The third-order valence-electron chi connectivity index (χ3n) is 14.7. The molecule has 0 bridgehead atoms. The molecule has 352 valence electrons. The van der Waals surface area contributed by atoms with E-state index in [1.807, 2.05) is 0 Å². The molecular weight excluding hydrogens is 929 g/mol. The predicted octanol–water partition coefficient (Wildman–Crippen LogP) is 13.5. The zero-order valence-electron chi connectivity index (χ0n) is 40.7. The maximum absolute atomic E-state index is 5.67. The third kappa shape index (κ3) is 7.48. The van der Waals surface area contributed by atoms with Crippen molar-refractivity contribution in [2.45, 2.75) is 0 Å². The van der Waals surface area contributed by atoms with Crippen LogP contribution in [0.1, 0.15) is 0 Å². The first-order valence-electron chi connectivity index (χ1n) is 25.4. The molecular formula is C68H46N6Si. The van der Waals surface area contributed by atoms with Crippen molar-refractivity contribution in [3.8, 4) is 56.9 Å². The highest BCUT2D eigenvalue weighted by atomic mass is 28.3. The van der Waals surface area contributed by atoms with E-state index in [1.165, 1.54) is 20.7 Å². The van der Waals surface area contributed by atoms with Crippen molar-refractivity contribution in [3.63, 3.8) is 0 Å². The SMILES string of the molecule is c1ccc(-c2cc(-c3cc(-c4cc(-c5ccccc5)nc(-n5c6ccccc6c6ccccc65)n4)cc([Si](c4ccccc4)(c4ccccc4)c4ccccc4)c3)nc(-n3c4ccccc4c4ccccc43)n2)cc1. The number of fused-ring (bicyclic) bond motifs is 6. The van der Waals surface area contributed by atoms with Crippen LogP contribution in [-0.4, -0.2) is 37.1 Å². The van der Waals surface area contributed by atoms with Gasteiger partial charge in [0.15, 0.2) is 8.07 Å². The number of aromatic nitrogens is 6. The molecule has 0 aliphatic carbocycles. The number of rotatable bonds is 10. The summed E-state index contributed by atoms with van der Waals surface area (Å²) >= 11 is 0. The fourth-order valence-corrected chi connectivity index (χ4v) is 16.2. The van der Waals surface area contributed by atoms with Gasteiger partial charge in [-0.3, -0.25) is 9.13 Å². The molecule has 0 amide bonds. The van der Waals surface area contributed by atoms with Crippen molar-refractivity contribution in [1.29, 1.82) is 0 Å². The molecule has 4 heterocycles. The minimum atomic E-state index is -3.16. The Morgan fingerprint density at radius 3 is 0.813 bits per heavy atom. The van der Waals surface area contributed by atoms with Crippen LogP contribution < -0.4 is 20.7 Å². The second-order valence-electron chi connectivity index (χ2n) is 19.0. The largest absolute Gasteiger partial charge is 0.278 e. The molecule has 0 atom stereocenters. The van der Waals surface area contributed by atoms with E-state index >= 15 is 0 Å². The molecule has 0 N–H and O–H groups in total. The minimum Gasteiger partial charge on any atom is -0.278 e. The Morgan fingerprint density at radius 1 is 0.227 bits per heavy atom. The van der Waals surface area contributed by atoms with Crippen LogP contribution in [0, 0.1) is 0 Å². The molecule has 0 unspecified atom stereocenters. The highest BCUT2D eigenvalue weighted by Crippen LogP contribution is 2.36. The van der Waals surface area contributed by atoms with Crippen LogP contribution in [-0.2, 0) is 0 Å². The molecule has 14 rings (SSSR count). The first-order valence-corrected chi connectivity index (χ1v) is 27.4. The summed E-state index contributed by atoms with van der Waals surface area (Å²) in [4.78, 5) is 22.2. The summed E-state index contributed by atoms with van der Waals surface area (Å²) in [5, 5.41) is 9.58. The molecule has 0 saturated heterocycles. The highest BCUT2D eigenvalue weighted by Gasteiger charge is 2.42. The van der Waals surface area contributed by atoms with Crippen molar-refractivity contribution >= 4 is 72.4 Å². The molecule has 0 radical (unpaired) electrons. The van der Waals surface area contributed by atoms with E-state index in [0.717, 1.165) is 88.6 Å². The second-order valence-corrected chi connectivity index (χ2v) is 22.8.